The molecule has 0 aromatic heterocycles. The minimum absolute atomic E-state index is 0.0226. The first-order valence-electron chi connectivity index (χ1n) is 6.99. The number of nitrogens with two attached hydrogens (primary N) is 1. The average Bonchev–Trinajstić information content (AvgIpc) is 2.47. The van der Waals surface area contributed by atoms with Gasteiger partial charge in [-0.15, -0.1) is 0 Å². The number of hydrogen-bond acceptors (Lipinski definition) is 3. The van der Waals surface area contributed by atoms with Crippen LogP contribution in [0.3, 0.4) is 0 Å². The third-order valence-electron chi connectivity index (χ3n) is 4.36. The van der Waals surface area contributed by atoms with Crippen molar-refractivity contribution < 1.29 is 4.74 Å². The summed E-state index contributed by atoms with van der Waals surface area (Å²) in [5.41, 5.74) is 8.96. The molecule has 1 unspecified atom stereocenters. The van der Waals surface area contributed by atoms with Crippen LogP contribution in [0.4, 0.5) is 5.69 Å². The van der Waals surface area contributed by atoms with E-state index in [-0.39, 0.29) is 5.54 Å². The van der Waals surface area contributed by atoms with Crippen LogP contribution in [0.2, 0.25) is 0 Å². The van der Waals surface area contributed by atoms with Crippen molar-refractivity contribution in [1.82, 2.24) is 0 Å². The number of ether oxygens (including phenoxy) is 1. The molecule has 1 aromatic carbocycles. The van der Waals surface area contributed by atoms with E-state index in [1.807, 2.05) is 0 Å². The van der Waals surface area contributed by atoms with E-state index >= 15 is 0 Å². The van der Waals surface area contributed by atoms with Gasteiger partial charge in [0, 0.05) is 25.4 Å². The molecule has 3 rings (SSSR count). The molecule has 1 aromatic rings. The predicted octanol–water partition coefficient (Wildman–Crippen LogP) is 1.95. The minimum atomic E-state index is 0.0226. The summed E-state index contributed by atoms with van der Waals surface area (Å²) in [6.45, 7) is 3.45. The molecule has 0 spiro atoms. The lowest BCUT2D eigenvalue weighted by molar-refractivity contribution is 0.0369. The van der Waals surface area contributed by atoms with Crippen molar-refractivity contribution in [3.05, 3.63) is 29.8 Å². The molecular formula is C15H22N2O. The third kappa shape index (κ3) is 1.91. The standard InChI is InChI=1S/C15H22N2O/c16-11-15(8-4-10-18-12-15)17-9-3-6-13-5-1-2-7-14(13)17/h1-2,5,7H,3-4,6,8-12,16H2. The van der Waals surface area contributed by atoms with E-state index in [2.05, 4.69) is 29.2 Å². The molecule has 2 heterocycles. The molecule has 0 bridgehead atoms. The molecule has 1 saturated heterocycles. The van der Waals surface area contributed by atoms with Crippen LogP contribution < -0.4 is 10.6 Å². The van der Waals surface area contributed by atoms with Gasteiger partial charge in [0.25, 0.3) is 0 Å². The molecule has 98 valence electrons. The monoisotopic (exact) mass is 246 g/mol. The molecule has 0 radical (unpaired) electrons. The van der Waals surface area contributed by atoms with Crippen LogP contribution in [0, 0.1) is 0 Å². The smallest absolute Gasteiger partial charge is 0.0757 e. The predicted molar refractivity (Wildman–Crippen MR) is 73.9 cm³/mol. The molecule has 0 aliphatic carbocycles. The average molecular weight is 246 g/mol. The lowest BCUT2D eigenvalue weighted by atomic mass is 9.87. The number of benzene rings is 1. The Hall–Kier alpha value is -1.06. The van der Waals surface area contributed by atoms with Gasteiger partial charge in [0.15, 0.2) is 0 Å². The van der Waals surface area contributed by atoms with Crippen molar-refractivity contribution in [2.45, 2.75) is 31.2 Å². The number of nitrogens with zero attached hydrogens (tertiary/aromatic N) is 1. The lowest BCUT2D eigenvalue weighted by Gasteiger charge is -2.49. The first-order valence-corrected chi connectivity index (χ1v) is 6.99. The van der Waals surface area contributed by atoms with Crippen LogP contribution >= 0.6 is 0 Å². The topological polar surface area (TPSA) is 38.5 Å². The zero-order valence-corrected chi connectivity index (χ0v) is 10.9. The number of anilines is 1. The van der Waals surface area contributed by atoms with Crippen molar-refractivity contribution in [3.63, 3.8) is 0 Å². The summed E-state index contributed by atoms with van der Waals surface area (Å²) in [5.74, 6) is 0. The van der Waals surface area contributed by atoms with Gasteiger partial charge in [-0.05, 0) is 37.3 Å². The Balaban J connectivity index is 1.96. The largest absolute Gasteiger partial charge is 0.379 e. The fraction of sp³-hybridized carbons (Fsp3) is 0.600. The van der Waals surface area contributed by atoms with E-state index in [1.165, 1.54) is 24.1 Å². The molecule has 3 heteroatoms. The second kappa shape index (κ2) is 4.90. The van der Waals surface area contributed by atoms with E-state index in [1.54, 1.807) is 0 Å². The summed E-state index contributed by atoms with van der Waals surface area (Å²) < 4.78 is 5.72. The Morgan fingerprint density at radius 3 is 2.94 bits per heavy atom. The van der Waals surface area contributed by atoms with Gasteiger partial charge in [-0.1, -0.05) is 18.2 Å². The highest BCUT2D eigenvalue weighted by molar-refractivity contribution is 5.57. The Bertz CT molecular complexity index is 413. The molecule has 18 heavy (non-hydrogen) atoms. The number of fused-ring (bicyclic) bond motifs is 1. The van der Waals surface area contributed by atoms with Crippen LogP contribution in [0.1, 0.15) is 24.8 Å². The SMILES string of the molecule is NCC1(N2CCCc3ccccc32)CCCOC1. The van der Waals surface area contributed by atoms with Crippen molar-refractivity contribution in [2.24, 2.45) is 5.73 Å². The normalized spacial score (nSPS) is 27.9. The van der Waals surface area contributed by atoms with E-state index in [0.29, 0.717) is 6.54 Å². The maximum Gasteiger partial charge on any atom is 0.0757 e. The molecular weight excluding hydrogens is 224 g/mol. The van der Waals surface area contributed by atoms with E-state index in [9.17, 15) is 0 Å². The maximum absolute atomic E-state index is 6.10. The van der Waals surface area contributed by atoms with Crippen molar-refractivity contribution in [3.8, 4) is 0 Å². The summed E-state index contributed by atoms with van der Waals surface area (Å²) in [6, 6.07) is 8.75. The second-order valence-corrected chi connectivity index (χ2v) is 5.47. The first kappa shape index (κ1) is 12.0. The Morgan fingerprint density at radius 2 is 2.17 bits per heavy atom. The fourth-order valence-corrected chi connectivity index (χ4v) is 3.35. The number of hydrogen-bond donors (Lipinski definition) is 1. The first-order chi connectivity index (χ1) is 8.86. The van der Waals surface area contributed by atoms with Gasteiger partial charge in [-0.25, -0.2) is 0 Å². The van der Waals surface area contributed by atoms with E-state index in [4.69, 9.17) is 10.5 Å². The molecule has 3 nitrogen and oxygen atoms in total. The molecule has 0 saturated carbocycles. The van der Waals surface area contributed by atoms with E-state index < -0.39 is 0 Å². The zero-order valence-electron chi connectivity index (χ0n) is 10.9. The van der Waals surface area contributed by atoms with Crippen LogP contribution in [0.25, 0.3) is 0 Å². The molecule has 2 N–H and O–H groups in total. The Morgan fingerprint density at radius 1 is 1.28 bits per heavy atom. The Labute approximate surface area is 109 Å². The van der Waals surface area contributed by atoms with Gasteiger partial charge in [-0.2, -0.15) is 0 Å². The number of para-hydroxylation sites is 1. The molecule has 0 amide bonds. The van der Waals surface area contributed by atoms with Gasteiger partial charge < -0.3 is 15.4 Å². The summed E-state index contributed by atoms with van der Waals surface area (Å²) in [4.78, 5) is 2.52. The highest BCUT2D eigenvalue weighted by atomic mass is 16.5. The van der Waals surface area contributed by atoms with Crippen LogP contribution in [0.5, 0.6) is 0 Å². The fourth-order valence-electron chi connectivity index (χ4n) is 3.35. The van der Waals surface area contributed by atoms with E-state index in [0.717, 1.165) is 32.6 Å². The summed E-state index contributed by atoms with van der Waals surface area (Å²) in [7, 11) is 0. The maximum atomic E-state index is 6.10. The van der Waals surface area contributed by atoms with Crippen molar-refractivity contribution in [1.29, 1.82) is 0 Å². The molecule has 1 fully saturated rings. The lowest BCUT2D eigenvalue weighted by Crippen LogP contribution is -2.60. The number of rotatable bonds is 2. The third-order valence-corrected chi connectivity index (χ3v) is 4.36. The minimum Gasteiger partial charge on any atom is -0.379 e. The van der Waals surface area contributed by atoms with Crippen LogP contribution in [-0.2, 0) is 11.2 Å². The molecule has 2 aliphatic heterocycles. The highest BCUT2D eigenvalue weighted by Gasteiger charge is 2.39. The summed E-state index contributed by atoms with van der Waals surface area (Å²) in [5, 5.41) is 0. The van der Waals surface area contributed by atoms with Crippen LogP contribution in [0.15, 0.2) is 24.3 Å². The molecule has 1 atom stereocenters. The summed E-state index contributed by atoms with van der Waals surface area (Å²) >= 11 is 0. The Kier molecular flexibility index (Phi) is 3.27. The van der Waals surface area contributed by atoms with Gasteiger partial charge in [0.05, 0.1) is 12.1 Å². The van der Waals surface area contributed by atoms with Crippen molar-refractivity contribution >= 4 is 5.69 Å². The van der Waals surface area contributed by atoms with Gasteiger partial charge >= 0.3 is 0 Å². The second-order valence-electron chi connectivity index (χ2n) is 5.47. The van der Waals surface area contributed by atoms with Gasteiger partial charge in [-0.3, -0.25) is 0 Å². The van der Waals surface area contributed by atoms with Crippen LogP contribution in [-0.4, -0.2) is 31.8 Å². The molecule has 2 aliphatic rings. The number of aryl methyl sites for hydroxylation is 1. The van der Waals surface area contributed by atoms with Gasteiger partial charge in [0.2, 0.25) is 0 Å². The summed E-state index contributed by atoms with van der Waals surface area (Å²) in [6.07, 6.45) is 4.68. The highest BCUT2D eigenvalue weighted by Crippen LogP contribution is 2.36. The zero-order chi connectivity index (χ0) is 12.4. The van der Waals surface area contributed by atoms with Gasteiger partial charge in [0.1, 0.15) is 0 Å². The quantitative estimate of drug-likeness (QED) is 0.867. The van der Waals surface area contributed by atoms with Crippen molar-refractivity contribution in [2.75, 3.05) is 31.2 Å².